The van der Waals surface area contributed by atoms with E-state index in [1.165, 1.54) is 12.0 Å². The van der Waals surface area contributed by atoms with E-state index in [-0.39, 0.29) is 12.0 Å². The highest BCUT2D eigenvalue weighted by molar-refractivity contribution is 7.10. The molecule has 0 saturated heterocycles. The fourth-order valence-electron chi connectivity index (χ4n) is 2.02. The summed E-state index contributed by atoms with van der Waals surface area (Å²) in [7, 11) is 1.37. The number of ether oxygens (including phenoxy) is 1. The Morgan fingerprint density at radius 2 is 2.25 bits per heavy atom. The summed E-state index contributed by atoms with van der Waals surface area (Å²) in [4.78, 5) is 13.1. The van der Waals surface area contributed by atoms with Crippen LogP contribution in [-0.2, 0) is 4.74 Å². The van der Waals surface area contributed by atoms with Crippen LogP contribution in [0.25, 0.3) is 0 Å². The van der Waals surface area contributed by atoms with Crippen LogP contribution >= 0.6 is 11.3 Å². The first-order valence-corrected chi connectivity index (χ1v) is 7.31. The fraction of sp³-hybridized carbons (Fsp3) is 0.267. The average molecular weight is 290 g/mol. The molecule has 0 fully saturated rings. The number of carbonyl (C=O) groups excluding carboxylic acids is 1. The molecule has 0 saturated carbocycles. The third kappa shape index (κ3) is 3.11. The van der Waals surface area contributed by atoms with Crippen LogP contribution in [-0.4, -0.2) is 13.1 Å². The standard InChI is InChI=1S/C15H18N2O2S/c1-3-12(14-5-4-8-20-14)17-13-7-6-10(16)9-11(13)15(18)19-2/h4-9,12,17H,3,16H2,1-2H3. The predicted octanol–water partition coefficient (Wildman–Crippen LogP) is 3.68. The number of esters is 1. The molecule has 1 aromatic carbocycles. The van der Waals surface area contributed by atoms with E-state index >= 15 is 0 Å². The zero-order chi connectivity index (χ0) is 14.5. The Labute approximate surface area is 122 Å². The molecule has 20 heavy (non-hydrogen) atoms. The number of nitrogens with two attached hydrogens (primary N) is 1. The van der Waals surface area contributed by atoms with Gasteiger partial charge in [-0.05, 0) is 36.1 Å². The van der Waals surface area contributed by atoms with Crippen LogP contribution in [0.2, 0.25) is 0 Å². The third-order valence-electron chi connectivity index (χ3n) is 3.07. The Morgan fingerprint density at radius 3 is 2.85 bits per heavy atom. The van der Waals surface area contributed by atoms with E-state index in [1.807, 2.05) is 17.5 Å². The molecule has 5 heteroatoms. The lowest BCUT2D eigenvalue weighted by atomic mass is 10.1. The van der Waals surface area contributed by atoms with E-state index in [1.54, 1.807) is 23.5 Å². The highest BCUT2D eigenvalue weighted by Gasteiger charge is 2.16. The summed E-state index contributed by atoms with van der Waals surface area (Å²) in [5, 5.41) is 5.44. The molecule has 0 spiro atoms. The van der Waals surface area contributed by atoms with Gasteiger partial charge in [-0.2, -0.15) is 0 Å². The Hall–Kier alpha value is -2.01. The number of hydrogen-bond donors (Lipinski definition) is 2. The number of methoxy groups -OCH3 is 1. The van der Waals surface area contributed by atoms with E-state index in [9.17, 15) is 4.79 Å². The smallest absolute Gasteiger partial charge is 0.340 e. The van der Waals surface area contributed by atoms with Crippen molar-refractivity contribution in [2.45, 2.75) is 19.4 Å². The van der Waals surface area contributed by atoms with Gasteiger partial charge in [-0.15, -0.1) is 11.3 Å². The molecule has 0 bridgehead atoms. The van der Waals surface area contributed by atoms with E-state index in [0.717, 1.165) is 12.1 Å². The van der Waals surface area contributed by atoms with Crippen molar-refractivity contribution >= 4 is 28.7 Å². The minimum absolute atomic E-state index is 0.169. The van der Waals surface area contributed by atoms with Crippen LogP contribution < -0.4 is 11.1 Å². The third-order valence-corrected chi connectivity index (χ3v) is 4.06. The summed E-state index contributed by atoms with van der Waals surface area (Å²) in [6, 6.07) is 9.50. The van der Waals surface area contributed by atoms with Crippen molar-refractivity contribution < 1.29 is 9.53 Å². The Balaban J connectivity index is 2.30. The van der Waals surface area contributed by atoms with Gasteiger partial charge in [-0.25, -0.2) is 4.79 Å². The zero-order valence-corrected chi connectivity index (χ0v) is 12.4. The van der Waals surface area contributed by atoms with Gasteiger partial charge in [0.15, 0.2) is 0 Å². The summed E-state index contributed by atoms with van der Waals surface area (Å²) < 4.78 is 4.81. The number of carbonyl (C=O) groups is 1. The lowest BCUT2D eigenvalue weighted by Crippen LogP contribution is -2.13. The largest absolute Gasteiger partial charge is 0.465 e. The van der Waals surface area contributed by atoms with Crippen molar-refractivity contribution in [1.29, 1.82) is 0 Å². The number of anilines is 2. The Bertz CT molecular complexity index is 582. The fourth-order valence-corrected chi connectivity index (χ4v) is 2.88. The summed E-state index contributed by atoms with van der Waals surface area (Å²) in [6.45, 7) is 2.10. The van der Waals surface area contributed by atoms with Gasteiger partial charge in [0.2, 0.25) is 0 Å². The van der Waals surface area contributed by atoms with Crippen LogP contribution in [0, 0.1) is 0 Å². The van der Waals surface area contributed by atoms with Crippen molar-refractivity contribution in [2.75, 3.05) is 18.2 Å². The summed E-state index contributed by atoms with van der Waals surface area (Å²) >= 11 is 1.69. The molecule has 1 aromatic heterocycles. The molecule has 2 rings (SSSR count). The van der Waals surface area contributed by atoms with E-state index in [2.05, 4.69) is 18.3 Å². The van der Waals surface area contributed by atoms with Gasteiger partial charge in [0.25, 0.3) is 0 Å². The Kier molecular flexibility index (Phi) is 4.63. The zero-order valence-electron chi connectivity index (χ0n) is 11.6. The van der Waals surface area contributed by atoms with Crippen molar-refractivity contribution in [3.63, 3.8) is 0 Å². The van der Waals surface area contributed by atoms with E-state index in [0.29, 0.717) is 11.3 Å². The summed E-state index contributed by atoms with van der Waals surface area (Å²) in [5.41, 5.74) is 7.49. The first kappa shape index (κ1) is 14.4. The minimum Gasteiger partial charge on any atom is -0.465 e. The van der Waals surface area contributed by atoms with Crippen LogP contribution in [0.4, 0.5) is 11.4 Å². The molecular formula is C15H18N2O2S. The highest BCUT2D eigenvalue weighted by Crippen LogP contribution is 2.29. The molecule has 1 atom stereocenters. The first-order valence-electron chi connectivity index (χ1n) is 6.43. The number of thiophene rings is 1. The number of benzene rings is 1. The van der Waals surface area contributed by atoms with Gasteiger partial charge in [0, 0.05) is 16.3 Å². The van der Waals surface area contributed by atoms with Crippen molar-refractivity contribution in [1.82, 2.24) is 0 Å². The quantitative estimate of drug-likeness (QED) is 0.651. The number of nitrogen functional groups attached to an aromatic ring is 1. The molecule has 106 valence electrons. The maximum absolute atomic E-state index is 11.8. The van der Waals surface area contributed by atoms with Crippen molar-refractivity contribution in [2.24, 2.45) is 0 Å². The second-order valence-electron chi connectivity index (χ2n) is 4.42. The molecule has 1 unspecified atom stereocenters. The molecule has 0 aliphatic heterocycles. The van der Waals surface area contributed by atoms with Crippen LogP contribution in [0.3, 0.4) is 0 Å². The molecule has 1 heterocycles. The first-order chi connectivity index (χ1) is 9.65. The Morgan fingerprint density at radius 1 is 1.45 bits per heavy atom. The normalized spacial score (nSPS) is 11.9. The van der Waals surface area contributed by atoms with E-state index in [4.69, 9.17) is 10.5 Å². The number of nitrogens with one attached hydrogen (secondary N) is 1. The minimum atomic E-state index is -0.388. The van der Waals surface area contributed by atoms with Crippen molar-refractivity contribution in [3.8, 4) is 0 Å². The maximum atomic E-state index is 11.8. The molecule has 0 radical (unpaired) electrons. The van der Waals surface area contributed by atoms with Crippen molar-refractivity contribution in [3.05, 3.63) is 46.2 Å². The highest BCUT2D eigenvalue weighted by atomic mass is 32.1. The number of hydrogen-bond acceptors (Lipinski definition) is 5. The van der Waals surface area contributed by atoms with Crippen LogP contribution in [0.5, 0.6) is 0 Å². The van der Waals surface area contributed by atoms with E-state index < -0.39 is 0 Å². The van der Waals surface area contributed by atoms with Gasteiger partial charge in [0.1, 0.15) is 0 Å². The molecular weight excluding hydrogens is 272 g/mol. The molecule has 0 aliphatic carbocycles. The molecule has 2 aromatic rings. The van der Waals surface area contributed by atoms with Gasteiger partial charge in [-0.3, -0.25) is 0 Å². The van der Waals surface area contributed by atoms with Gasteiger partial charge >= 0.3 is 5.97 Å². The second kappa shape index (κ2) is 6.43. The lowest BCUT2D eigenvalue weighted by Gasteiger charge is -2.19. The van der Waals surface area contributed by atoms with Gasteiger partial charge in [-0.1, -0.05) is 13.0 Å². The van der Waals surface area contributed by atoms with Crippen LogP contribution in [0.15, 0.2) is 35.7 Å². The topological polar surface area (TPSA) is 64.3 Å². The predicted molar refractivity (Wildman–Crippen MR) is 83.2 cm³/mol. The molecule has 0 amide bonds. The molecule has 4 nitrogen and oxygen atoms in total. The molecule has 0 aliphatic rings. The van der Waals surface area contributed by atoms with Crippen LogP contribution in [0.1, 0.15) is 34.6 Å². The summed E-state index contributed by atoms with van der Waals surface area (Å²) in [6.07, 6.45) is 0.922. The number of rotatable bonds is 5. The molecule has 3 N–H and O–H groups in total. The average Bonchev–Trinajstić information content (AvgIpc) is 2.99. The second-order valence-corrected chi connectivity index (χ2v) is 5.40. The lowest BCUT2D eigenvalue weighted by molar-refractivity contribution is 0.0602. The summed E-state index contributed by atoms with van der Waals surface area (Å²) in [5.74, 6) is -0.388. The monoisotopic (exact) mass is 290 g/mol. The van der Waals surface area contributed by atoms with Gasteiger partial charge in [0.05, 0.1) is 18.7 Å². The SMILES string of the molecule is CCC(Nc1ccc(N)cc1C(=O)OC)c1cccs1. The maximum Gasteiger partial charge on any atom is 0.340 e. The van der Waals surface area contributed by atoms with Gasteiger partial charge < -0.3 is 15.8 Å².